The molecule has 7 heteroatoms. The maximum atomic E-state index is 13.7. The van der Waals surface area contributed by atoms with Crippen LogP contribution >= 0.6 is 0 Å². The number of aryl methyl sites for hydroxylation is 1. The summed E-state index contributed by atoms with van der Waals surface area (Å²) in [5.41, 5.74) is 0.0897. The zero-order valence-corrected chi connectivity index (χ0v) is 9.72. The highest BCUT2D eigenvalue weighted by Gasteiger charge is 2.16. The van der Waals surface area contributed by atoms with E-state index in [1.807, 2.05) is 0 Å². The molecule has 0 fully saturated rings. The van der Waals surface area contributed by atoms with Crippen molar-refractivity contribution in [2.75, 3.05) is 7.11 Å². The molecule has 0 atom stereocenters. The number of nitrogens with zero attached hydrogens (tertiary/aromatic N) is 3. The van der Waals surface area contributed by atoms with E-state index in [-0.39, 0.29) is 17.3 Å². The molecule has 0 aliphatic rings. The van der Waals surface area contributed by atoms with Crippen molar-refractivity contribution in [3.05, 3.63) is 35.7 Å². The minimum atomic E-state index is -1.26. The van der Waals surface area contributed by atoms with E-state index in [4.69, 9.17) is 9.84 Å². The van der Waals surface area contributed by atoms with Crippen molar-refractivity contribution in [3.63, 3.8) is 0 Å². The first-order valence-corrected chi connectivity index (χ1v) is 5.04. The third-order valence-electron chi connectivity index (χ3n) is 2.34. The molecule has 0 aliphatic carbocycles. The summed E-state index contributed by atoms with van der Waals surface area (Å²) in [6.45, 7) is 1.54. The molecule has 94 valence electrons. The second-order valence-corrected chi connectivity index (χ2v) is 3.52. The number of aromatic nitrogens is 3. The first kappa shape index (κ1) is 12.0. The van der Waals surface area contributed by atoms with Crippen LogP contribution in [0.4, 0.5) is 4.39 Å². The van der Waals surface area contributed by atoms with E-state index in [9.17, 15) is 9.18 Å². The van der Waals surface area contributed by atoms with Crippen LogP contribution in [0.5, 0.6) is 5.75 Å². The maximum Gasteiger partial charge on any atom is 0.375 e. The number of hydrogen-bond donors (Lipinski definition) is 1. The average molecular weight is 251 g/mol. The lowest BCUT2D eigenvalue weighted by atomic mass is 10.3. The Bertz CT molecular complexity index is 610. The Morgan fingerprint density at radius 3 is 2.78 bits per heavy atom. The van der Waals surface area contributed by atoms with Gasteiger partial charge in [0.15, 0.2) is 0 Å². The largest absolute Gasteiger partial charge is 0.497 e. The number of carboxylic acid groups (broad SMARTS) is 1. The molecule has 0 saturated heterocycles. The second-order valence-electron chi connectivity index (χ2n) is 3.52. The molecule has 1 aromatic carbocycles. The molecular formula is C11H10FN3O3. The van der Waals surface area contributed by atoms with Crippen molar-refractivity contribution in [2.45, 2.75) is 6.92 Å². The molecule has 6 nitrogen and oxygen atoms in total. The van der Waals surface area contributed by atoms with E-state index in [0.717, 1.165) is 4.68 Å². The van der Waals surface area contributed by atoms with Gasteiger partial charge < -0.3 is 9.84 Å². The molecule has 0 spiro atoms. The van der Waals surface area contributed by atoms with Gasteiger partial charge in [-0.25, -0.2) is 18.9 Å². The van der Waals surface area contributed by atoms with Crippen molar-refractivity contribution in [3.8, 4) is 11.4 Å². The Balaban J connectivity index is 2.57. The molecule has 2 aromatic rings. The molecule has 1 aromatic heterocycles. The number of halogens is 1. The van der Waals surface area contributed by atoms with Crippen LogP contribution in [0, 0.1) is 12.7 Å². The Hall–Kier alpha value is -2.44. The molecule has 0 unspecified atom stereocenters. The van der Waals surface area contributed by atoms with E-state index >= 15 is 0 Å². The number of aromatic carboxylic acids is 1. The monoisotopic (exact) mass is 251 g/mol. The van der Waals surface area contributed by atoms with Crippen LogP contribution in [0.25, 0.3) is 5.69 Å². The predicted octanol–water partition coefficient (Wildman–Crippen LogP) is 1.42. The Labute approximate surface area is 102 Å². The van der Waals surface area contributed by atoms with Gasteiger partial charge in [0.2, 0.25) is 0 Å². The van der Waals surface area contributed by atoms with Crippen molar-refractivity contribution in [1.82, 2.24) is 14.8 Å². The van der Waals surface area contributed by atoms with Gasteiger partial charge in [-0.2, -0.15) is 0 Å². The molecule has 1 N–H and O–H groups in total. The molecule has 0 aliphatic heterocycles. The lowest BCUT2D eigenvalue weighted by Crippen LogP contribution is -2.04. The number of ether oxygens (including phenoxy) is 1. The first-order chi connectivity index (χ1) is 8.52. The van der Waals surface area contributed by atoms with E-state index in [1.54, 1.807) is 6.92 Å². The van der Waals surface area contributed by atoms with Crippen LogP contribution < -0.4 is 4.74 Å². The van der Waals surface area contributed by atoms with Gasteiger partial charge in [-0.1, -0.05) is 0 Å². The fraction of sp³-hybridized carbons (Fsp3) is 0.182. The average Bonchev–Trinajstić information content (AvgIpc) is 2.72. The molecule has 1 heterocycles. The Kier molecular flexibility index (Phi) is 2.97. The van der Waals surface area contributed by atoms with Crippen molar-refractivity contribution < 1.29 is 19.0 Å². The minimum Gasteiger partial charge on any atom is -0.497 e. The summed E-state index contributed by atoms with van der Waals surface area (Å²) in [4.78, 5) is 14.5. The quantitative estimate of drug-likeness (QED) is 0.892. The lowest BCUT2D eigenvalue weighted by Gasteiger charge is -2.06. The van der Waals surface area contributed by atoms with E-state index in [1.165, 1.54) is 25.3 Å². The molecule has 18 heavy (non-hydrogen) atoms. The second kappa shape index (κ2) is 4.44. The van der Waals surface area contributed by atoms with Crippen LogP contribution in [0.3, 0.4) is 0 Å². The first-order valence-electron chi connectivity index (χ1n) is 5.04. The van der Waals surface area contributed by atoms with Gasteiger partial charge in [0.25, 0.3) is 5.82 Å². The number of rotatable bonds is 3. The fourth-order valence-corrected chi connectivity index (χ4v) is 1.49. The van der Waals surface area contributed by atoms with Crippen LogP contribution in [0.2, 0.25) is 0 Å². The van der Waals surface area contributed by atoms with Gasteiger partial charge in [0, 0.05) is 6.07 Å². The van der Waals surface area contributed by atoms with E-state index in [2.05, 4.69) is 10.1 Å². The standard InChI is InChI=1S/C11H10FN3O3/c1-6-13-10(11(16)17)14-15(6)9-5-7(18-2)3-4-8(9)12/h3-5H,1-2H3,(H,16,17). The Morgan fingerprint density at radius 2 is 2.22 bits per heavy atom. The summed E-state index contributed by atoms with van der Waals surface area (Å²) >= 11 is 0. The van der Waals surface area contributed by atoms with Crippen LogP contribution in [0.1, 0.15) is 16.4 Å². The van der Waals surface area contributed by atoms with Crippen LogP contribution in [0.15, 0.2) is 18.2 Å². The number of methoxy groups -OCH3 is 1. The zero-order valence-electron chi connectivity index (χ0n) is 9.72. The molecule has 0 radical (unpaired) electrons. The predicted molar refractivity (Wildman–Crippen MR) is 59.6 cm³/mol. The molecular weight excluding hydrogens is 241 g/mol. The highest BCUT2D eigenvalue weighted by molar-refractivity contribution is 5.83. The van der Waals surface area contributed by atoms with Gasteiger partial charge in [-0.3, -0.25) is 0 Å². The summed E-state index contributed by atoms with van der Waals surface area (Å²) in [5, 5.41) is 12.5. The smallest absolute Gasteiger partial charge is 0.375 e. The highest BCUT2D eigenvalue weighted by Crippen LogP contribution is 2.20. The van der Waals surface area contributed by atoms with Crippen LogP contribution in [-0.4, -0.2) is 33.0 Å². The van der Waals surface area contributed by atoms with Gasteiger partial charge in [-0.05, 0) is 19.1 Å². The van der Waals surface area contributed by atoms with E-state index < -0.39 is 11.8 Å². The minimum absolute atomic E-state index is 0.0897. The van der Waals surface area contributed by atoms with Gasteiger partial charge in [-0.15, -0.1) is 5.10 Å². The number of benzene rings is 1. The molecule has 2 rings (SSSR count). The summed E-state index contributed by atoms with van der Waals surface area (Å²) in [5.74, 6) is -1.46. The SMILES string of the molecule is COc1ccc(F)c(-n2nc(C(=O)O)nc2C)c1. The Morgan fingerprint density at radius 1 is 1.50 bits per heavy atom. The summed E-state index contributed by atoms with van der Waals surface area (Å²) in [6, 6.07) is 4.10. The third-order valence-corrected chi connectivity index (χ3v) is 2.34. The molecule has 0 saturated carbocycles. The van der Waals surface area contributed by atoms with Gasteiger partial charge >= 0.3 is 5.97 Å². The zero-order chi connectivity index (χ0) is 13.3. The van der Waals surface area contributed by atoms with E-state index in [0.29, 0.717) is 5.75 Å². The fourth-order valence-electron chi connectivity index (χ4n) is 1.49. The maximum absolute atomic E-state index is 13.7. The summed E-state index contributed by atoms with van der Waals surface area (Å²) < 4.78 is 19.8. The molecule has 0 bridgehead atoms. The lowest BCUT2D eigenvalue weighted by molar-refractivity contribution is 0.0683. The summed E-state index contributed by atoms with van der Waals surface area (Å²) in [6.07, 6.45) is 0. The molecule has 0 amide bonds. The third kappa shape index (κ3) is 2.02. The topological polar surface area (TPSA) is 77.2 Å². The number of hydrogen-bond acceptors (Lipinski definition) is 4. The van der Waals surface area contributed by atoms with Gasteiger partial charge in [0.1, 0.15) is 23.1 Å². The van der Waals surface area contributed by atoms with Crippen molar-refractivity contribution in [1.29, 1.82) is 0 Å². The summed E-state index contributed by atoms with van der Waals surface area (Å²) in [7, 11) is 1.45. The number of carboxylic acids is 1. The normalized spacial score (nSPS) is 10.4. The van der Waals surface area contributed by atoms with Gasteiger partial charge in [0.05, 0.1) is 7.11 Å². The number of carbonyl (C=O) groups is 1. The highest BCUT2D eigenvalue weighted by atomic mass is 19.1. The van der Waals surface area contributed by atoms with Crippen LogP contribution in [-0.2, 0) is 0 Å². The van der Waals surface area contributed by atoms with Crippen molar-refractivity contribution in [2.24, 2.45) is 0 Å². The van der Waals surface area contributed by atoms with Crippen molar-refractivity contribution >= 4 is 5.97 Å².